The number of nitrogens with one attached hydrogen (secondary N) is 1. The van der Waals surface area contributed by atoms with E-state index in [2.05, 4.69) is 10.3 Å². The van der Waals surface area contributed by atoms with Crippen LogP contribution in [0.2, 0.25) is 10.0 Å². The molecule has 1 atom stereocenters. The number of carbonyl (C=O) groups excluding carboxylic acids is 1. The molecule has 9 heteroatoms. The molecule has 2 aromatic carbocycles. The third-order valence-electron chi connectivity index (χ3n) is 5.61. The topological polar surface area (TPSA) is 91.8 Å². The largest absolute Gasteiger partial charge is 0.478 e. The minimum Gasteiger partial charge on any atom is -0.478 e. The van der Waals surface area contributed by atoms with Crippen molar-refractivity contribution in [1.82, 2.24) is 9.88 Å². The van der Waals surface area contributed by atoms with Gasteiger partial charge in [-0.25, -0.2) is 9.59 Å². The molecule has 1 unspecified atom stereocenters. The average Bonchev–Trinajstić information content (AvgIpc) is 3.24. The zero-order chi connectivity index (χ0) is 24.6. The number of likely N-dealkylation sites (tertiary alicyclic amines) is 1. The Morgan fingerprint density at radius 2 is 1.85 bits per heavy atom. The van der Waals surface area contributed by atoms with E-state index in [1.165, 1.54) is 6.07 Å². The van der Waals surface area contributed by atoms with Crippen molar-refractivity contribution >= 4 is 57.5 Å². The number of halogens is 2. The summed E-state index contributed by atoms with van der Waals surface area (Å²) in [6.07, 6.45) is 2.14. The van der Waals surface area contributed by atoms with Crippen LogP contribution in [-0.4, -0.2) is 45.7 Å². The van der Waals surface area contributed by atoms with Gasteiger partial charge < -0.3 is 20.1 Å². The normalized spacial score (nSPS) is 16.0. The number of hydrogen-bond donors (Lipinski definition) is 2. The van der Waals surface area contributed by atoms with Crippen molar-refractivity contribution in [1.29, 1.82) is 0 Å². The van der Waals surface area contributed by atoms with Gasteiger partial charge in [0, 0.05) is 40.6 Å². The molecule has 2 N–H and O–H groups in total. The molecule has 1 saturated heterocycles. The first kappa shape index (κ1) is 24.1. The molecule has 0 aliphatic carbocycles. The van der Waals surface area contributed by atoms with E-state index in [9.17, 15) is 14.7 Å². The minimum absolute atomic E-state index is 0.0218. The van der Waals surface area contributed by atoms with Gasteiger partial charge in [0.05, 0.1) is 22.5 Å². The Kier molecular flexibility index (Phi) is 6.60. The number of hydrogen-bond acceptors (Lipinski definition) is 5. The fourth-order valence-electron chi connectivity index (χ4n) is 4.07. The number of benzene rings is 2. The van der Waals surface area contributed by atoms with Crippen molar-refractivity contribution in [3.8, 4) is 0 Å². The van der Waals surface area contributed by atoms with Gasteiger partial charge in [0.15, 0.2) is 0 Å². The molecule has 1 amide bonds. The van der Waals surface area contributed by atoms with Crippen LogP contribution in [-0.2, 0) is 4.74 Å². The summed E-state index contributed by atoms with van der Waals surface area (Å²) in [5.41, 5.74) is 2.15. The lowest BCUT2D eigenvalue weighted by molar-refractivity contribution is 0.0292. The smallest absolute Gasteiger partial charge is 0.410 e. The number of nitrogens with zero attached hydrogens (tertiary/aromatic N) is 2. The Labute approximate surface area is 207 Å². The summed E-state index contributed by atoms with van der Waals surface area (Å²) < 4.78 is 5.53. The van der Waals surface area contributed by atoms with Crippen LogP contribution in [0.15, 0.2) is 42.6 Å². The highest BCUT2D eigenvalue weighted by Gasteiger charge is 2.32. The SMILES string of the molecule is CC(C)(C)OC(=O)N1CCC(c2cnc3ccc(Cl)cc3c2Nc2ccc(Cl)cc2C(=O)O)C1. The van der Waals surface area contributed by atoms with Crippen molar-refractivity contribution < 1.29 is 19.4 Å². The number of carbonyl (C=O) groups is 2. The molecule has 0 spiro atoms. The molecule has 3 aromatic rings. The zero-order valence-electron chi connectivity index (χ0n) is 19.1. The van der Waals surface area contributed by atoms with E-state index in [0.29, 0.717) is 46.4 Å². The molecule has 7 nitrogen and oxygen atoms in total. The van der Waals surface area contributed by atoms with Gasteiger partial charge in [-0.2, -0.15) is 0 Å². The van der Waals surface area contributed by atoms with Crippen molar-refractivity contribution in [2.45, 2.75) is 38.7 Å². The van der Waals surface area contributed by atoms with Gasteiger partial charge in [0.2, 0.25) is 0 Å². The van der Waals surface area contributed by atoms with E-state index < -0.39 is 11.6 Å². The number of aromatic nitrogens is 1. The standard InChI is InChI=1S/C25H25Cl2N3O4/c1-25(2,3)34-24(33)30-9-8-14(13-30)19-12-28-20-6-4-15(26)10-17(20)22(19)29-21-7-5-16(27)11-18(21)23(31)32/h4-7,10-12,14H,8-9,13H2,1-3H3,(H,28,29)(H,31,32). The van der Waals surface area contributed by atoms with Gasteiger partial charge in [0.1, 0.15) is 5.60 Å². The van der Waals surface area contributed by atoms with E-state index in [1.54, 1.807) is 35.4 Å². The zero-order valence-corrected chi connectivity index (χ0v) is 20.6. The molecular weight excluding hydrogens is 477 g/mol. The number of fused-ring (bicyclic) bond motifs is 1. The monoisotopic (exact) mass is 501 g/mol. The second kappa shape index (κ2) is 9.31. The summed E-state index contributed by atoms with van der Waals surface area (Å²) in [4.78, 5) is 30.8. The molecule has 1 aliphatic heterocycles. The molecular formula is C25H25Cl2N3O4. The lowest BCUT2D eigenvalue weighted by Gasteiger charge is -2.25. The van der Waals surface area contributed by atoms with Crippen molar-refractivity contribution in [2.24, 2.45) is 0 Å². The van der Waals surface area contributed by atoms with Crippen LogP contribution in [0.4, 0.5) is 16.2 Å². The maximum absolute atomic E-state index is 12.6. The summed E-state index contributed by atoms with van der Waals surface area (Å²) in [6, 6.07) is 10.0. The number of carboxylic acids is 1. The first-order chi connectivity index (χ1) is 16.0. The lowest BCUT2D eigenvalue weighted by atomic mass is 9.95. The first-order valence-corrected chi connectivity index (χ1v) is 11.6. The predicted octanol–water partition coefficient (Wildman–Crippen LogP) is 6.71. The van der Waals surface area contributed by atoms with E-state index in [-0.39, 0.29) is 17.6 Å². The van der Waals surface area contributed by atoms with E-state index in [0.717, 1.165) is 10.9 Å². The molecule has 1 aliphatic rings. The quantitative estimate of drug-likeness (QED) is 0.412. The maximum Gasteiger partial charge on any atom is 0.410 e. The minimum atomic E-state index is -1.10. The van der Waals surface area contributed by atoms with Crippen LogP contribution in [0.5, 0.6) is 0 Å². The Morgan fingerprint density at radius 3 is 2.56 bits per heavy atom. The molecule has 4 rings (SSSR count). The number of anilines is 2. The molecule has 2 heterocycles. The number of pyridine rings is 1. The van der Waals surface area contributed by atoms with Crippen LogP contribution in [0.3, 0.4) is 0 Å². The molecule has 1 fully saturated rings. The Hall–Kier alpha value is -3.03. The van der Waals surface area contributed by atoms with Gasteiger partial charge in [-0.05, 0) is 69.2 Å². The highest BCUT2D eigenvalue weighted by atomic mass is 35.5. The third-order valence-corrected chi connectivity index (χ3v) is 6.08. The Bertz CT molecular complexity index is 1270. The predicted molar refractivity (Wildman–Crippen MR) is 134 cm³/mol. The molecule has 0 radical (unpaired) electrons. The average molecular weight is 502 g/mol. The number of rotatable bonds is 4. The van der Waals surface area contributed by atoms with Gasteiger partial charge in [0.25, 0.3) is 0 Å². The summed E-state index contributed by atoms with van der Waals surface area (Å²) in [7, 11) is 0. The highest BCUT2D eigenvalue weighted by molar-refractivity contribution is 6.31. The first-order valence-electron chi connectivity index (χ1n) is 10.9. The summed E-state index contributed by atoms with van der Waals surface area (Å²) in [5, 5.41) is 14.6. The van der Waals surface area contributed by atoms with E-state index >= 15 is 0 Å². The Balaban J connectivity index is 1.75. The fourth-order valence-corrected chi connectivity index (χ4v) is 4.42. The van der Waals surface area contributed by atoms with Crippen molar-refractivity contribution in [2.75, 3.05) is 18.4 Å². The van der Waals surface area contributed by atoms with Gasteiger partial charge in [-0.3, -0.25) is 4.98 Å². The third kappa shape index (κ3) is 5.21. The molecule has 0 bridgehead atoms. The van der Waals surface area contributed by atoms with Gasteiger partial charge in [-0.1, -0.05) is 23.2 Å². The van der Waals surface area contributed by atoms with Crippen molar-refractivity contribution in [3.63, 3.8) is 0 Å². The lowest BCUT2D eigenvalue weighted by Crippen LogP contribution is -2.35. The van der Waals surface area contributed by atoms with Crippen LogP contribution in [0.1, 0.15) is 49.0 Å². The van der Waals surface area contributed by atoms with Crippen LogP contribution >= 0.6 is 23.2 Å². The van der Waals surface area contributed by atoms with Crippen molar-refractivity contribution in [3.05, 3.63) is 63.8 Å². The van der Waals surface area contributed by atoms with Crippen LogP contribution in [0.25, 0.3) is 10.9 Å². The molecule has 1 aromatic heterocycles. The highest BCUT2D eigenvalue weighted by Crippen LogP contribution is 2.39. The number of amides is 1. The van der Waals surface area contributed by atoms with Crippen LogP contribution in [0, 0.1) is 0 Å². The number of carboxylic acid groups (broad SMARTS) is 1. The summed E-state index contributed by atoms with van der Waals surface area (Å²) >= 11 is 12.3. The van der Waals surface area contributed by atoms with Gasteiger partial charge in [-0.15, -0.1) is 0 Å². The molecule has 0 saturated carbocycles. The van der Waals surface area contributed by atoms with Crippen LogP contribution < -0.4 is 5.32 Å². The Morgan fingerprint density at radius 1 is 1.15 bits per heavy atom. The second-order valence-electron chi connectivity index (χ2n) is 9.28. The second-order valence-corrected chi connectivity index (χ2v) is 10.2. The molecule has 34 heavy (non-hydrogen) atoms. The van der Waals surface area contributed by atoms with E-state index in [1.807, 2.05) is 26.8 Å². The summed E-state index contributed by atoms with van der Waals surface area (Å²) in [5.74, 6) is -1.12. The summed E-state index contributed by atoms with van der Waals surface area (Å²) in [6.45, 7) is 6.52. The van der Waals surface area contributed by atoms with E-state index in [4.69, 9.17) is 27.9 Å². The van der Waals surface area contributed by atoms with Gasteiger partial charge >= 0.3 is 12.1 Å². The number of aromatic carboxylic acids is 1. The molecule has 178 valence electrons. The maximum atomic E-state index is 12.6. The fraction of sp³-hybridized carbons (Fsp3) is 0.320. The number of ether oxygens (including phenoxy) is 1.